The summed E-state index contributed by atoms with van der Waals surface area (Å²) in [5.41, 5.74) is 4.00. The van der Waals surface area contributed by atoms with Crippen LogP contribution in [-0.2, 0) is 18.8 Å². The van der Waals surface area contributed by atoms with Crippen LogP contribution in [0.3, 0.4) is 0 Å². The van der Waals surface area contributed by atoms with Gasteiger partial charge in [0.05, 0.1) is 29.7 Å². The van der Waals surface area contributed by atoms with Gasteiger partial charge in [-0.1, -0.05) is 84.1 Å². The number of benzene rings is 3. The van der Waals surface area contributed by atoms with Crippen LogP contribution in [0.5, 0.6) is 0 Å². The number of aryl methyl sites for hydroxylation is 1. The summed E-state index contributed by atoms with van der Waals surface area (Å²) < 4.78 is 3.52. The second-order valence-electron chi connectivity index (χ2n) is 7.82. The van der Waals surface area contributed by atoms with Crippen LogP contribution < -0.4 is 5.56 Å². The minimum absolute atomic E-state index is 0.0486. The van der Waals surface area contributed by atoms with Crippen molar-refractivity contribution in [2.75, 3.05) is 0 Å². The van der Waals surface area contributed by atoms with E-state index < -0.39 is 0 Å². The van der Waals surface area contributed by atoms with Crippen molar-refractivity contribution in [3.05, 3.63) is 112 Å². The number of tetrazole rings is 1. The molecule has 0 atom stereocenters. The third kappa shape index (κ3) is 4.70. The molecule has 5 rings (SSSR count). The quantitative estimate of drug-likeness (QED) is 0.272. The van der Waals surface area contributed by atoms with Gasteiger partial charge in [-0.25, -0.2) is 9.67 Å². The average molecular weight is 455 g/mol. The molecule has 0 saturated carbocycles. The highest BCUT2D eigenvalue weighted by Crippen LogP contribution is 2.22. The Kier molecular flexibility index (Phi) is 5.99. The molecular formula is C25H22N6OS. The van der Waals surface area contributed by atoms with Gasteiger partial charge in [0.1, 0.15) is 0 Å². The first-order valence-electron chi connectivity index (χ1n) is 10.6. The molecule has 0 unspecified atom stereocenters. The number of thioether (sulfide) groups is 1. The minimum Gasteiger partial charge on any atom is -0.283 e. The van der Waals surface area contributed by atoms with Crippen LogP contribution in [0, 0.1) is 6.92 Å². The number of nitrogens with zero attached hydrogens (tertiary/aromatic N) is 6. The lowest BCUT2D eigenvalue weighted by Gasteiger charge is -2.13. The maximum Gasteiger partial charge on any atom is 0.262 e. The molecule has 2 aromatic heterocycles. The van der Waals surface area contributed by atoms with E-state index in [0.29, 0.717) is 34.9 Å². The predicted molar refractivity (Wildman–Crippen MR) is 129 cm³/mol. The molecule has 7 nitrogen and oxygen atoms in total. The third-order valence-electron chi connectivity index (χ3n) is 5.40. The van der Waals surface area contributed by atoms with Crippen molar-refractivity contribution in [2.45, 2.75) is 30.9 Å². The molecule has 0 aliphatic carbocycles. The highest BCUT2D eigenvalue weighted by molar-refractivity contribution is 7.98. The van der Waals surface area contributed by atoms with Crippen molar-refractivity contribution in [1.29, 1.82) is 0 Å². The fourth-order valence-corrected chi connectivity index (χ4v) is 4.54. The maximum atomic E-state index is 13.4. The van der Waals surface area contributed by atoms with Gasteiger partial charge in [-0.05, 0) is 40.6 Å². The van der Waals surface area contributed by atoms with E-state index in [2.05, 4.69) is 34.6 Å². The number of hydrogen-bond donors (Lipinski definition) is 0. The Bertz CT molecular complexity index is 1440. The summed E-state index contributed by atoms with van der Waals surface area (Å²) in [5, 5.41) is 13.5. The maximum absolute atomic E-state index is 13.4. The molecule has 8 heteroatoms. The van der Waals surface area contributed by atoms with Crippen molar-refractivity contribution in [3.63, 3.8) is 0 Å². The number of aromatic nitrogens is 6. The number of fused-ring (bicyclic) bond motifs is 1. The van der Waals surface area contributed by atoms with Crippen LogP contribution in [-0.4, -0.2) is 29.8 Å². The van der Waals surface area contributed by atoms with Gasteiger partial charge in [0.2, 0.25) is 0 Å². The molecule has 0 saturated heterocycles. The second kappa shape index (κ2) is 9.38. The Morgan fingerprint density at radius 1 is 0.848 bits per heavy atom. The van der Waals surface area contributed by atoms with Gasteiger partial charge in [-0.3, -0.25) is 9.36 Å². The average Bonchev–Trinajstić information content (AvgIpc) is 3.28. The van der Waals surface area contributed by atoms with Crippen molar-refractivity contribution < 1.29 is 0 Å². The predicted octanol–water partition coefficient (Wildman–Crippen LogP) is 4.08. The zero-order chi connectivity index (χ0) is 22.6. The molecular weight excluding hydrogens is 432 g/mol. The Labute approximate surface area is 195 Å². The van der Waals surface area contributed by atoms with Gasteiger partial charge in [0, 0.05) is 0 Å². The number of hydrogen-bond acceptors (Lipinski definition) is 6. The Morgan fingerprint density at radius 3 is 2.39 bits per heavy atom. The smallest absolute Gasteiger partial charge is 0.262 e. The van der Waals surface area contributed by atoms with Crippen molar-refractivity contribution >= 4 is 22.7 Å². The molecule has 0 radical (unpaired) electrons. The lowest BCUT2D eigenvalue weighted by atomic mass is 10.1. The van der Waals surface area contributed by atoms with E-state index in [1.165, 1.54) is 17.3 Å². The zero-order valence-electron chi connectivity index (χ0n) is 18.1. The van der Waals surface area contributed by atoms with Gasteiger partial charge < -0.3 is 0 Å². The molecule has 0 aliphatic heterocycles. The lowest BCUT2D eigenvalue weighted by Crippen LogP contribution is -2.24. The number of para-hydroxylation sites is 1. The molecule has 0 fully saturated rings. The molecule has 0 bridgehead atoms. The first-order chi connectivity index (χ1) is 16.2. The van der Waals surface area contributed by atoms with Crippen LogP contribution in [0.4, 0.5) is 0 Å². The normalized spacial score (nSPS) is 11.2. The lowest BCUT2D eigenvalue weighted by molar-refractivity contribution is 0.629. The van der Waals surface area contributed by atoms with Gasteiger partial charge in [0.15, 0.2) is 11.0 Å². The summed E-state index contributed by atoms with van der Waals surface area (Å²) in [6.45, 7) is 3.09. The van der Waals surface area contributed by atoms with Gasteiger partial charge in [0.25, 0.3) is 5.56 Å². The van der Waals surface area contributed by atoms with Crippen LogP contribution in [0.2, 0.25) is 0 Å². The fraction of sp³-hybridized carbons (Fsp3) is 0.160. The topological polar surface area (TPSA) is 78.5 Å². The Hall–Kier alpha value is -3.78. The first-order valence-corrected chi connectivity index (χ1v) is 11.6. The van der Waals surface area contributed by atoms with E-state index in [-0.39, 0.29) is 5.56 Å². The first kappa shape index (κ1) is 21.1. The summed E-state index contributed by atoms with van der Waals surface area (Å²) in [6.07, 6.45) is 0. The van der Waals surface area contributed by atoms with Crippen LogP contribution in [0.25, 0.3) is 10.9 Å². The fourth-order valence-electron chi connectivity index (χ4n) is 3.61. The van der Waals surface area contributed by atoms with Gasteiger partial charge >= 0.3 is 0 Å². The second-order valence-corrected chi connectivity index (χ2v) is 8.76. The molecule has 164 valence electrons. The number of rotatable bonds is 7. The highest BCUT2D eigenvalue weighted by atomic mass is 32.2. The summed E-state index contributed by atoms with van der Waals surface area (Å²) in [7, 11) is 0. The van der Waals surface area contributed by atoms with Crippen LogP contribution in [0.15, 0.2) is 88.8 Å². The minimum atomic E-state index is -0.0486. The molecule has 0 amide bonds. The molecule has 2 heterocycles. The van der Waals surface area contributed by atoms with Crippen molar-refractivity contribution in [3.8, 4) is 0 Å². The van der Waals surface area contributed by atoms with Gasteiger partial charge in [-0.2, -0.15) is 0 Å². The Morgan fingerprint density at radius 2 is 1.58 bits per heavy atom. The molecule has 0 spiro atoms. The standard InChI is InChI=1S/C25H22N6OS/c1-18-11-13-20(14-12-18)15-30-24(32)21-9-5-6-10-22(21)26-25(30)33-17-23-27-28-29-31(23)16-19-7-3-2-4-8-19/h2-14H,15-17H2,1H3. The molecule has 0 N–H and O–H groups in total. The van der Waals surface area contributed by atoms with E-state index >= 15 is 0 Å². The van der Waals surface area contributed by atoms with Crippen molar-refractivity contribution in [2.24, 2.45) is 0 Å². The molecule has 5 aromatic rings. The summed E-state index contributed by atoms with van der Waals surface area (Å²) in [4.78, 5) is 18.2. The van der Waals surface area contributed by atoms with E-state index in [4.69, 9.17) is 4.98 Å². The van der Waals surface area contributed by atoms with E-state index in [1.807, 2.05) is 66.7 Å². The van der Waals surface area contributed by atoms with Crippen molar-refractivity contribution in [1.82, 2.24) is 29.8 Å². The highest BCUT2D eigenvalue weighted by Gasteiger charge is 2.15. The molecule has 3 aromatic carbocycles. The zero-order valence-corrected chi connectivity index (χ0v) is 18.9. The largest absolute Gasteiger partial charge is 0.283 e. The van der Waals surface area contributed by atoms with E-state index in [0.717, 1.165) is 17.0 Å². The van der Waals surface area contributed by atoms with E-state index in [9.17, 15) is 4.79 Å². The SMILES string of the molecule is Cc1ccc(Cn2c(SCc3nnnn3Cc3ccccc3)nc3ccccc3c2=O)cc1. The third-order valence-corrected chi connectivity index (χ3v) is 6.37. The molecule has 33 heavy (non-hydrogen) atoms. The summed E-state index contributed by atoms with van der Waals surface area (Å²) in [6, 6.07) is 25.7. The van der Waals surface area contributed by atoms with Gasteiger partial charge in [-0.15, -0.1) is 5.10 Å². The van der Waals surface area contributed by atoms with E-state index in [1.54, 1.807) is 9.25 Å². The summed E-state index contributed by atoms with van der Waals surface area (Å²) >= 11 is 1.47. The monoisotopic (exact) mass is 454 g/mol. The summed E-state index contributed by atoms with van der Waals surface area (Å²) in [5.74, 6) is 1.23. The van der Waals surface area contributed by atoms with Crippen LogP contribution >= 0.6 is 11.8 Å². The molecule has 0 aliphatic rings. The van der Waals surface area contributed by atoms with Crippen LogP contribution in [0.1, 0.15) is 22.5 Å². The Balaban J connectivity index is 1.46.